The van der Waals surface area contributed by atoms with Crippen LogP contribution in [0.1, 0.15) is 87.0 Å². The summed E-state index contributed by atoms with van der Waals surface area (Å²) in [6.45, 7) is 14.6. The molecule has 0 radical (unpaired) electrons. The summed E-state index contributed by atoms with van der Waals surface area (Å²) < 4.78 is 0. The maximum absolute atomic E-state index is 13.2. The molecule has 1 aliphatic heterocycles. The number of piperidine rings is 1. The lowest BCUT2D eigenvalue weighted by molar-refractivity contribution is -0.122. The number of para-hydroxylation sites is 2. The van der Waals surface area contributed by atoms with Gasteiger partial charge in [-0.2, -0.15) is 0 Å². The molecular formula is C34H52N4O2. The molecule has 2 aromatic rings. The smallest absolute Gasteiger partial charge is 0.241 e. The van der Waals surface area contributed by atoms with Gasteiger partial charge in [0, 0.05) is 11.4 Å². The number of carbonyl (C=O) groups excluding carboxylic acids is 2. The van der Waals surface area contributed by atoms with Crippen LogP contribution in [-0.2, 0) is 9.59 Å². The lowest BCUT2D eigenvalue weighted by Gasteiger charge is -2.35. The number of carbonyl (C=O) groups is 2. The molecule has 0 aromatic heterocycles. The van der Waals surface area contributed by atoms with Gasteiger partial charge in [-0.05, 0) is 102 Å². The van der Waals surface area contributed by atoms with Crippen molar-refractivity contribution in [2.75, 3.05) is 43.4 Å². The average molecular weight is 549 g/mol. The van der Waals surface area contributed by atoms with Crippen LogP contribution in [0.25, 0.3) is 0 Å². The Kier molecular flexibility index (Phi) is 13.2. The maximum atomic E-state index is 13.2. The number of anilines is 2. The van der Waals surface area contributed by atoms with Crippen molar-refractivity contribution in [1.29, 1.82) is 0 Å². The second-order valence-corrected chi connectivity index (χ2v) is 11.6. The Bertz CT molecular complexity index is 1060. The normalized spacial score (nSPS) is 15.8. The van der Waals surface area contributed by atoms with Gasteiger partial charge >= 0.3 is 0 Å². The Morgan fingerprint density at radius 1 is 0.800 bits per heavy atom. The van der Waals surface area contributed by atoms with Crippen molar-refractivity contribution in [2.45, 2.75) is 98.4 Å². The topological polar surface area (TPSA) is 64.7 Å². The Hall–Kier alpha value is -2.70. The van der Waals surface area contributed by atoms with Gasteiger partial charge in [-0.3, -0.25) is 19.4 Å². The minimum atomic E-state index is -0.0142. The quantitative estimate of drug-likeness (QED) is 0.235. The molecule has 6 heteroatoms. The van der Waals surface area contributed by atoms with Gasteiger partial charge in [-0.1, -0.05) is 75.4 Å². The fourth-order valence-corrected chi connectivity index (χ4v) is 5.87. The second-order valence-electron chi connectivity index (χ2n) is 11.6. The first kappa shape index (κ1) is 31.8. The van der Waals surface area contributed by atoms with E-state index in [4.69, 9.17) is 0 Å². The second kappa shape index (κ2) is 16.5. The summed E-state index contributed by atoms with van der Waals surface area (Å²) in [6, 6.07) is 12.2. The third kappa shape index (κ3) is 9.74. The first-order valence-corrected chi connectivity index (χ1v) is 15.5. The van der Waals surface area contributed by atoms with E-state index in [2.05, 4.69) is 53.3 Å². The molecule has 1 atom stereocenters. The molecule has 2 amide bonds. The minimum Gasteiger partial charge on any atom is -0.324 e. The predicted molar refractivity (Wildman–Crippen MR) is 168 cm³/mol. The third-order valence-electron chi connectivity index (χ3n) is 8.38. The number of benzene rings is 2. The molecular weight excluding hydrogens is 496 g/mol. The Morgan fingerprint density at radius 2 is 1.35 bits per heavy atom. The van der Waals surface area contributed by atoms with E-state index in [1.807, 2.05) is 38.1 Å². The molecule has 0 saturated carbocycles. The molecule has 2 aromatic carbocycles. The van der Waals surface area contributed by atoms with E-state index in [0.29, 0.717) is 6.54 Å². The molecule has 3 rings (SSSR count). The van der Waals surface area contributed by atoms with E-state index >= 15 is 0 Å². The van der Waals surface area contributed by atoms with Gasteiger partial charge in [0.15, 0.2) is 0 Å². The van der Waals surface area contributed by atoms with Crippen molar-refractivity contribution in [3.63, 3.8) is 0 Å². The highest BCUT2D eigenvalue weighted by molar-refractivity contribution is 5.96. The fraction of sp³-hybridized carbons (Fsp3) is 0.588. The van der Waals surface area contributed by atoms with Crippen molar-refractivity contribution in [3.05, 3.63) is 58.7 Å². The molecule has 0 spiro atoms. The van der Waals surface area contributed by atoms with Crippen LogP contribution >= 0.6 is 0 Å². The van der Waals surface area contributed by atoms with E-state index in [0.717, 1.165) is 85.5 Å². The van der Waals surface area contributed by atoms with Gasteiger partial charge in [-0.25, -0.2) is 0 Å². The van der Waals surface area contributed by atoms with Crippen molar-refractivity contribution < 1.29 is 9.59 Å². The highest BCUT2D eigenvalue weighted by atomic mass is 16.2. The molecule has 220 valence electrons. The first-order valence-electron chi connectivity index (χ1n) is 15.5. The summed E-state index contributed by atoms with van der Waals surface area (Å²) in [6.07, 6.45) is 10.4. The highest BCUT2D eigenvalue weighted by Gasteiger charge is 2.28. The van der Waals surface area contributed by atoms with Crippen LogP contribution in [0.3, 0.4) is 0 Å². The molecule has 0 unspecified atom stereocenters. The molecule has 1 heterocycles. The zero-order chi connectivity index (χ0) is 28.9. The summed E-state index contributed by atoms with van der Waals surface area (Å²) in [7, 11) is 0. The van der Waals surface area contributed by atoms with Gasteiger partial charge in [0.1, 0.15) is 0 Å². The Balaban J connectivity index is 1.31. The van der Waals surface area contributed by atoms with Gasteiger partial charge in [0.05, 0.1) is 12.6 Å². The van der Waals surface area contributed by atoms with E-state index in [1.165, 1.54) is 32.1 Å². The Labute approximate surface area is 242 Å². The maximum Gasteiger partial charge on any atom is 0.241 e. The number of nitrogens with zero attached hydrogens (tertiary/aromatic N) is 2. The summed E-state index contributed by atoms with van der Waals surface area (Å²) in [4.78, 5) is 30.5. The van der Waals surface area contributed by atoms with Gasteiger partial charge < -0.3 is 10.6 Å². The van der Waals surface area contributed by atoms with Crippen molar-refractivity contribution in [2.24, 2.45) is 0 Å². The van der Waals surface area contributed by atoms with Crippen molar-refractivity contribution in [3.8, 4) is 0 Å². The standard InChI is InChI=1S/C34H52N4O2/c1-6-37(25-31(39)35-32-26(2)17-15-18-27(32)3)22-12-9-7-8-10-13-23-38-24-14-11-21-30(38)34(40)36-33-28(4)19-16-20-29(33)5/h15-20,30H,6-14,21-25H2,1-5H3,(H,35,39)(H,36,40)/t30-/m0/s1. The average Bonchev–Trinajstić information content (AvgIpc) is 2.93. The lowest BCUT2D eigenvalue weighted by atomic mass is 10.00. The van der Waals surface area contributed by atoms with Gasteiger partial charge in [-0.15, -0.1) is 0 Å². The van der Waals surface area contributed by atoms with Crippen LogP contribution in [0.5, 0.6) is 0 Å². The number of nitrogens with one attached hydrogen (secondary N) is 2. The number of rotatable bonds is 15. The predicted octanol–water partition coefficient (Wildman–Crippen LogP) is 7.01. The largest absolute Gasteiger partial charge is 0.324 e. The zero-order valence-electron chi connectivity index (χ0n) is 25.7. The molecule has 40 heavy (non-hydrogen) atoms. The van der Waals surface area contributed by atoms with E-state index in [-0.39, 0.29) is 17.9 Å². The number of likely N-dealkylation sites (N-methyl/N-ethyl adjacent to an activating group) is 1. The number of hydrogen-bond donors (Lipinski definition) is 2. The van der Waals surface area contributed by atoms with E-state index in [9.17, 15) is 9.59 Å². The van der Waals surface area contributed by atoms with Crippen LogP contribution in [0.2, 0.25) is 0 Å². The van der Waals surface area contributed by atoms with Crippen LogP contribution in [0.15, 0.2) is 36.4 Å². The SMILES string of the molecule is CCN(CCCCCCCCN1CCCC[C@H]1C(=O)Nc1c(C)cccc1C)CC(=O)Nc1c(C)cccc1C. The summed E-state index contributed by atoms with van der Waals surface area (Å²) in [5.41, 5.74) is 6.38. The van der Waals surface area contributed by atoms with Crippen molar-refractivity contribution in [1.82, 2.24) is 9.80 Å². The Morgan fingerprint density at radius 3 is 1.95 bits per heavy atom. The molecule has 6 nitrogen and oxygen atoms in total. The molecule has 2 N–H and O–H groups in total. The van der Waals surface area contributed by atoms with Crippen LogP contribution in [0, 0.1) is 27.7 Å². The van der Waals surface area contributed by atoms with Gasteiger partial charge in [0.2, 0.25) is 11.8 Å². The van der Waals surface area contributed by atoms with Crippen molar-refractivity contribution >= 4 is 23.2 Å². The fourth-order valence-electron chi connectivity index (χ4n) is 5.87. The number of amides is 2. The zero-order valence-corrected chi connectivity index (χ0v) is 25.7. The number of unbranched alkanes of at least 4 members (excludes halogenated alkanes) is 5. The molecule has 1 fully saturated rings. The monoisotopic (exact) mass is 548 g/mol. The molecule has 1 saturated heterocycles. The molecule has 0 bridgehead atoms. The van der Waals surface area contributed by atoms with Gasteiger partial charge in [0.25, 0.3) is 0 Å². The lowest BCUT2D eigenvalue weighted by Crippen LogP contribution is -2.47. The molecule has 1 aliphatic rings. The van der Waals surface area contributed by atoms with E-state index in [1.54, 1.807) is 0 Å². The molecule has 0 aliphatic carbocycles. The third-order valence-corrected chi connectivity index (χ3v) is 8.38. The van der Waals surface area contributed by atoms with Crippen LogP contribution in [-0.4, -0.2) is 60.4 Å². The summed E-state index contributed by atoms with van der Waals surface area (Å²) >= 11 is 0. The van der Waals surface area contributed by atoms with E-state index < -0.39 is 0 Å². The highest BCUT2D eigenvalue weighted by Crippen LogP contribution is 2.24. The number of likely N-dealkylation sites (tertiary alicyclic amines) is 1. The van der Waals surface area contributed by atoms with Crippen LogP contribution < -0.4 is 10.6 Å². The number of aryl methyl sites for hydroxylation is 4. The minimum absolute atomic E-state index is 0.0142. The summed E-state index contributed by atoms with van der Waals surface area (Å²) in [5, 5.41) is 6.35. The van der Waals surface area contributed by atoms with Crippen LogP contribution in [0.4, 0.5) is 11.4 Å². The summed E-state index contributed by atoms with van der Waals surface area (Å²) in [5.74, 6) is 0.221. The number of hydrogen-bond acceptors (Lipinski definition) is 4. The first-order chi connectivity index (χ1) is 19.3.